The molecule has 1 aliphatic rings. The first kappa shape index (κ1) is 10.5. The number of hydrogen-bond donors (Lipinski definition) is 3. The van der Waals surface area contributed by atoms with E-state index in [1.165, 1.54) is 0 Å². The first-order valence-corrected chi connectivity index (χ1v) is 4.74. The van der Waals surface area contributed by atoms with Crippen molar-refractivity contribution in [1.82, 2.24) is 5.32 Å². The maximum Gasteiger partial charge on any atom is 0.102 e. The number of nitrogens with zero attached hydrogens (tertiary/aromatic N) is 1. The Morgan fingerprint density at radius 2 is 2.31 bits per heavy atom. The third-order valence-electron chi connectivity index (χ3n) is 2.14. The van der Waals surface area contributed by atoms with Crippen LogP contribution in [-0.4, -0.2) is 41.3 Å². The largest absolute Gasteiger partial charge is 0.393 e. The van der Waals surface area contributed by atoms with E-state index in [1.54, 1.807) is 6.92 Å². The molecular formula is C9H18N2O2. The van der Waals surface area contributed by atoms with Crippen LogP contribution in [0, 0.1) is 0 Å². The fourth-order valence-corrected chi connectivity index (χ4v) is 1.19. The first-order chi connectivity index (χ1) is 6.14. The lowest BCUT2D eigenvalue weighted by molar-refractivity contribution is 0.00606. The lowest BCUT2D eigenvalue weighted by atomic mass is 10.1. The van der Waals surface area contributed by atoms with Gasteiger partial charge in [0.1, 0.15) is 5.60 Å². The van der Waals surface area contributed by atoms with E-state index in [4.69, 9.17) is 5.11 Å². The molecule has 0 amide bonds. The van der Waals surface area contributed by atoms with E-state index in [0.717, 1.165) is 31.6 Å². The van der Waals surface area contributed by atoms with Crippen LogP contribution in [0.1, 0.15) is 26.2 Å². The summed E-state index contributed by atoms with van der Waals surface area (Å²) in [4.78, 5) is 4.28. The minimum absolute atomic E-state index is 0.229. The SMILES string of the molecule is CC(O)(CO)CNC1=NCCCC1. The van der Waals surface area contributed by atoms with Gasteiger partial charge in [-0.3, -0.25) is 4.99 Å². The van der Waals surface area contributed by atoms with E-state index in [1.807, 2.05) is 0 Å². The van der Waals surface area contributed by atoms with Crippen LogP contribution in [0.25, 0.3) is 0 Å². The summed E-state index contributed by atoms with van der Waals surface area (Å²) in [6.07, 6.45) is 3.27. The van der Waals surface area contributed by atoms with Gasteiger partial charge in [-0.05, 0) is 19.8 Å². The maximum absolute atomic E-state index is 9.49. The summed E-state index contributed by atoms with van der Waals surface area (Å²) >= 11 is 0. The number of amidine groups is 1. The average Bonchev–Trinajstić information content (AvgIpc) is 2.17. The van der Waals surface area contributed by atoms with Crippen molar-refractivity contribution < 1.29 is 10.2 Å². The highest BCUT2D eigenvalue weighted by atomic mass is 16.3. The molecule has 0 aromatic rings. The molecule has 0 aromatic heterocycles. The van der Waals surface area contributed by atoms with Gasteiger partial charge in [0.15, 0.2) is 0 Å². The number of hydrogen-bond acceptors (Lipinski definition) is 4. The van der Waals surface area contributed by atoms with Gasteiger partial charge in [0.2, 0.25) is 0 Å². The van der Waals surface area contributed by atoms with Gasteiger partial charge < -0.3 is 15.5 Å². The Bertz CT molecular complexity index is 190. The minimum atomic E-state index is -1.04. The van der Waals surface area contributed by atoms with Gasteiger partial charge in [-0.15, -0.1) is 0 Å². The Hall–Kier alpha value is -0.610. The molecule has 0 saturated carbocycles. The lowest BCUT2D eigenvalue weighted by Crippen LogP contribution is -2.43. The Balaban J connectivity index is 2.29. The first-order valence-electron chi connectivity index (χ1n) is 4.74. The van der Waals surface area contributed by atoms with Gasteiger partial charge in [-0.25, -0.2) is 0 Å². The number of rotatable bonds is 3. The lowest BCUT2D eigenvalue weighted by Gasteiger charge is -2.23. The highest BCUT2D eigenvalue weighted by molar-refractivity contribution is 5.82. The molecule has 0 spiro atoms. The van der Waals surface area contributed by atoms with Crippen molar-refractivity contribution in [3.05, 3.63) is 0 Å². The molecule has 1 heterocycles. The molecule has 1 rings (SSSR count). The van der Waals surface area contributed by atoms with Crippen molar-refractivity contribution in [3.8, 4) is 0 Å². The molecule has 4 heteroatoms. The van der Waals surface area contributed by atoms with Gasteiger partial charge in [-0.1, -0.05) is 0 Å². The molecule has 4 nitrogen and oxygen atoms in total. The molecule has 0 saturated heterocycles. The molecule has 0 aromatic carbocycles. The maximum atomic E-state index is 9.49. The third-order valence-corrected chi connectivity index (χ3v) is 2.14. The van der Waals surface area contributed by atoms with E-state index < -0.39 is 5.60 Å². The van der Waals surface area contributed by atoms with Crippen LogP contribution in [0.4, 0.5) is 0 Å². The predicted molar refractivity (Wildman–Crippen MR) is 51.9 cm³/mol. The summed E-state index contributed by atoms with van der Waals surface area (Å²) in [5.74, 6) is 0.958. The molecule has 1 aliphatic heterocycles. The Morgan fingerprint density at radius 3 is 2.85 bits per heavy atom. The molecule has 1 atom stereocenters. The summed E-state index contributed by atoms with van der Waals surface area (Å²) in [5, 5.41) is 21.3. The van der Waals surface area contributed by atoms with Gasteiger partial charge >= 0.3 is 0 Å². The van der Waals surface area contributed by atoms with Crippen LogP contribution in [0.15, 0.2) is 4.99 Å². The molecule has 3 N–H and O–H groups in total. The normalized spacial score (nSPS) is 21.9. The number of aliphatic hydroxyl groups excluding tert-OH is 1. The van der Waals surface area contributed by atoms with Crippen LogP contribution >= 0.6 is 0 Å². The van der Waals surface area contributed by atoms with E-state index in [-0.39, 0.29) is 6.61 Å². The topological polar surface area (TPSA) is 64.8 Å². The summed E-state index contributed by atoms with van der Waals surface area (Å²) in [5.41, 5.74) is -1.04. The van der Waals surface area contributed by atoms with E-state index >= 15 is 0 Å². The van der Waals surface area contributed by atoms with Gasteiger partial charge in [0, 0.05) is 19.5 Å². The number of aliphatic imine (C=N–C) groups is 1. The van der Waals surface area contributed by atoms with Crippen molar-refractivity contribution in [2.24, 2.45) is 4.99 Å². The fourth-order valence-electron chi connectivity index (χ4n) is 1.19. The van der Waals surface area contributed by atoms with Crippen molar-refractivity contribution in [2.75, 3.05) is 19.7 Å². The molecule has 13 heavy (non-hydrogen) atoms. The van der Waals surface area contributed by atoms with Crippen LogP contribution in [0.5, 0.6) is 0 Å². The molecule has 1 unspecified atom stereocenters. The Labute approximate surface area is 78.7 Å². The number of nitrogens with one attached hydrogen (secondary N) is 1. The molecule has 0 bridgehead atoms. The molecule has 0 aliphatic carbocycles. The van der Waals surface area contributed by atoms with Gasteiger partial charge in [-0.2, -0.15) is 0 Å². The quantitative estimate of drug-likeness (QED) is 0.577. The summed E-state index contributed by atoms with van der Waals surface area (Å²) < 4.78 is 0. The average molecular weight is 186 g/mol. The van der Waals surface area contributed by atoms with E-state index in [9.17, 15) is 5.11 Å². The summed E-state index contributed by atoms with van der Waals surface area (Å²) in [6.45, 7) is 2.61. The standard InChI is InChI=1S/C9H18N2O2/c1-9(13,7-12)6-11-8-4-2-3-5-10-8/h12-13H,2-7H2,1H3,(H,10,11). The van der Waals surface area contributed by atoms with Gasteiger partial charge in [0.25, 0.3) is 0 Å². The van der Waals surface area contributed by atoms with Crippen molar-refractivity contribution >= 4 is 5.84 Å². The van der Waals surface area contributed by atoms with Crippen molar-refractivity contribution in [2.45, 2.75) is 31.8 Å². The van der Waals surface area contributed by atoms with Gasteiger partial charge in [0.05, 0.1) is 12.4 Å². The minimum Gasteiger partial charge on any atom is -0.393 e. The second-order valence-corrected chi connectivity index (χ2v) is 3.79. The zero-order chi connectivity index (χ0) is 9.73. The molecule has 0 fully saturated rings. The van der Waals surface area contributed by atoms with Crippen LogP contribution in [0.2, 0.25) is 0 Å². The van der Waals surface area contributed by atoms with E-state index in [0.29, 0.717) is 6.54 Å². The Morgan fingerprint density at radius 1 is 1.54 bits per heavy atom. The van der Waals surface area contributed by atoms with Crippen LogP contribution in [-0.2, 0) is 0 Å². The van der Waals surface area contributed by atoms with E-state index in [2.05, 4.69) is 10.3 Å². The van der Waals surface area contributed by atoms with Crippen molar-refractivity contribution in [1.29, 1.82) is 0 Å². The smallest absolute Gasteiger partial charge is 0.102 e. The van der Waals surface area contributed by atoms with Crippen LogP contribution < -0.4 is 5.32 Å². The second-order valence-electron chi connectivity index (χ2n) is 3.79. The van der Waals surface area contributed by atoms with Crippen molar-refractivity contribution in [3.63, 3.8) is 0 Å². The molecular weight excluding hydrogens is 168 g/mol. The fraction of sp³-hybridized carbons (Fsp3) is 0.889. The monoisotopic (exact) mass is 186 g/mol. The number of aliphatic hydroxyl groups is 2. The molecule has 76 valence electrons. The van der Waals surface area contributed by atoms with Crippen LogP contribution in [0.3, 0.4) is 0 Å². The third kappa shape index (κ3) is 3.74. The predicted octanol–water partition coefficient (Wildman–Crippen LogP) is -0.0983. The summed E-state index contributed by atoms with van der Waals surface area (Å²) in [6, 6.07) is 0. The molecule has 0 radical (unpaired) electrons. The highest BCUT2D eigenvalue weighted by Gasteiger charge is 2.19. The Kier molecular flexibility index (Phi) is 3.69. The highest BCUT2D eigenvalue weighted by Crippen LogP contribution is 2.05. The zero-order valence-electron chi connectivity index (χ0n) is 8.08. The second kappa shape index (κ2) is 4.58. The zero-order valence-corrected chi connectivity index (χ0v) is 8.08. The summed E-state index contributed by atoms with van der Waals surface area (Å²) in [7, 11) is 0.